The average Bonchev–Trinajstić information content (AvgIpc) is 3.10. The minimum absolute atomic E-state index is 0.124. The molecule has 0 saturated carbocycles. The van der Waals surface area contributed by atoms with Gasteiger partial charge in [0.15, 0.2) is 23.2 Å². The fourth-order valence-electron chi connectivity index (χ4n) is 2.80. The summed E-state index contributed by atoms with van der Waals surface area (Å²) >= 11 is 0. The van der Waals surface area contributed by atoms with E-state index in [2.05, 4.69) is 20.3 Å². The highest BCUT2D eigenvalue weighted by Crippen LogP contribution is 2.36. The van der Waals surface area contributed by atoms with Crippen molar-refractivity contribution in [2.24, 2.45) is 0 Å². The van der Waals surface area contributed by atoms with Gasteiger partial charge in [-0.15, -0.1) is 0 Å². The molecule has 0 radical (unpaired) electrons. The molecule has 1 aliphatic heterocycles. The van der Waals surface area contributed by atoms with Gasteiger partial charge in [-0.05, 0) is 13.8 Å². The smallest absolute Gasteiger partial charge is 0.350 e. The topological polar surface area (TPSA) is 172 Å². The van der Waals surface area contributed by atoms with Crippen molar-refractivity contribution in [2.45, 2.75) is 44.4 Å². The van der Waals surface area contributed by atoms with Gasteiger partial charge >= 0.3 is 7.60 Å². The molecule has 150 valence electrons. The zero-order valence-electron chi connectivity index (χ0n) is 14.7. The number of nitrogens with one attached hydrogen (secondary N) is 1. The zero-order valence-corrected chi connectivity index (χ0v) is 15.6. The molecule has 3 rings (SSSR count). The Kier molecular flexibility index (Phi) is 5.77. The van der Waals surface area contributed by atoms with Crippen molar-refractivity contribution in [3.05, 3.63) is 12.7 Å². The molecule has 4 atom stereocenters. The second-order valence-electron chi connectivity index (χ2n) is 6.56. The van der Waals surface area contributed by atoms with Crippen LogP contribution in [0.1, 0.15) is 20.1 Å². The minimum atomic E-state index is -4.33. The van der Waals surface area contributed by atoms with E-state index in [1.54, 1.807) is 0 Å². The highest BCUT2D eigenvalue weighted by Gasteiger charge is 2.44. The van der Waals surface area contributed by atoms with Gasteiger partial charge in [-0.2, -0.15) is 0 Å². The maximum atomic E-state index is 10.8. The summed E-state index contributed by atoms with van der Waals surface area (Å²) in [6.45, 7) is 3.61. The first-order valence-electron chi connectivity index (χ1n) is 8.25. The lowest BCUT2D eigenvalue weighted by Gasteiger charge is -2.17. The third-order valence-corrected chi connectivity index (χ3v) is 4.46. The lowest BCUT2D eigenvalue weighted by Crippen LogP contribution is -2.33. The maximum absolute atomic E-state index is 10.8. The van der Waals surface area contributed by atoms with Crippen LogP contribution in [0.15, 0.2) is 12.7 Å². The fourth-order valence-corrected chi connectivity index (χ4v) is 3.14. The Bertz CT molecular complexity index is 840. The number of anilines is 1. The first-order valence-corrected chi connectivity index (χ1v) is 10.0. The fraction of sp³-hybridized carbons (Fsp3) is 0.643. The lowest BCUT2D eigenvalue weighted by molar-refractivity contribution is -0.0612. The molecular formula is C14H22N5O7P. The van der Waals surface area contributed by atoms with Crippen LogP contribution in [-0.2, 0) is 14.0 Å². The molecule has 1 aliphatic rings. The molecule has 2 aromatic heterocycles. The van der Waals surface area contributed by atoms with E-state index in [9.17, 15) is 14.8 Å². The monoisotopic (exact) mass is 403 g/mol. The Morgan fingerprint density at radius 1 is 1.30 bits per heavy atom. The molecule has 12 nitrogen and oxygen atoms in total. The maximum Gasteiger partial charge on any atom is 0.350 e. The van der Waals surface area contributed by atoms with Crippen LogP contribution in [0.4, 0.5) is 5.82 Å². The van der Waals surface area contributed by atoms with Gasteiger partial charge in [0.05, 0.1) is 12.9 Å². The average molecular weight is 403 g/mol. The molecule has 1 saturated heterocycles. The molecule has 13 heteroatoms. The molecule has 2 aromatic rings. The molecule has 0 spiro atoms. The van der Waals surface area contributed by atoms with Gasteiger partial charge in [0.25, 0.3) is 0 Å². The van der Waals surface area contributed by atoms with Gasteiger partial charge in [0, 0.05) is 6.04 Å². The highest BCUT2D eigenvalue weighted by molar-refractivity contribution is 7.51. The number of rotatable bonds is 7. The van der Waals surface area contributed by atoms with Crippen LogP contribution < -0.4 is 5.32 Å². The van der Waals surface area contributed by atoms with Crippen molar-refractivity contribution in [3.8, 4) is 0 Å². The van der Waals surface area contributed by atoms with E-state index in [1.165, 1.54) is 17.2 Å². The summed E-state index contributed by atoms with van der Waals surface area (Å²) < 4.78 is 22.8. The molecule has 5 N–H and O–H groups in total. The van der Waals surface area contributed by atoms with E-state index in [-0.39, 0.29) is 12.6 Å². The number of aliphatic hydroxyl groups excluding tert-OH is 2. The third kappa shape index (κ3) is 4.43. The normalized spacial score (nSPS) is 26.2. The number of aliphatic hydroxyl groups is 2. The first kappa shape index (κ1) is 20.1. The molecule has 0 unspecified atom stereocenters. The summed E-state index contributed by atoms with van der Waals surface area (Å²) in [5.74, 6) is 0.531. The SMILES string of the molecule is CC(C)Nc1ncnc2c1ncn2[C@@H]1O[C@H](COCP(=O)(O)O)[C@@H](O)[C@H]1O. The molecule has 0 aliphatic carbocycles. The van der Waals surface area contributed by atoms with Gasteiger partial charge in [-0.1, -0.05) is 0 Å². The van der Waals surface area contributed by atoms with E-state index in [1.807, 2.05) is 13.8 Å². The number of nitrogens with zero attached hydrogens (tertiary/aromatic N) is 4. The molecule has 0 bridgehead atoms. The van der Waals surface area contributed by atoms with Crippen molar-refractivity contribution in [3.63, 3.8) is 0 Å². The van der Waals surface area contributed by atoms with E-state index in [0.717, 1.165) is 0 Å². The minimum Gasteiger partial charge on any atom is -0.387 e. The van der Waals surface area contributed by atoms with E-state index < -0.39 is 38.5 Å². The van der Waals surface area contributed by atoms with Gasteiger partial charge < -0.3 is 34.8 Å². The van der Waals surface area contributed by atoms with E-state index in [0.29, 0.717) is 17.0 Å². The second kappa shape index (κ2) is 7.76. The van der Waals surface area contributed by atoms with Crippen LogP contribution in [0.25, 0.3) is 11.2 Å². The Balaban J connectivity index is 1.79. The molecule has 3 heterocycles. The van der Waals surface area contributed by atoms with Crippen molar-refractivity contribution < 1.29 is 34.0 Å². The summed E-state index contributed by atoms with van der Waals surface area (Å²) in [4.78, 5) is 30.2. The predicted molar refractivity (Wildman–Crippen MR) is 92.9 cm³/mol. The summed E-state index contributed by atoms with van der Waals surface area (Å²) in [7, 11) is -4.33. The van der Waals surface area contributed by atoms with E-state index in [4.69, 9.17) is 19.3 Å². The van der Waals surface area contributed by atoms with Gasteiger partial charge in [0.1, 0.15) is 31.0 Å². The number of aromatic nitrogens is 4. The van der Waals surface area contributed by atoms with Gasteiger partial charge in [0.2, 0.25) is 0 Å². The van der Waals surface area contributed by atoms with Crippen LogP contribution in [0.2, 0.25) is 0 Å². The van der Waals surface area contributed by atoms with Crippen LogP contribution in [0.5, 0.6) is 0 Å². The van der Waals surface area contributed by atoms with Crippen molar-refractivity contribution >= 4 is 24.6 Å². The Labute approximate surface area is 154 Å². The number of ether oxygens (including phenoxy) is 2. The Morgan fingerprint density at radius 3 is 2.70 bits per heavy atom. The molecule has 27 heavy (non-hydrogen) atoms. The largest absolute Gasteiger partial charge is 0.387 e. The number of hydrogen-bond donors (Lipinski definition) is 5. The van der Waals surface area contributed by atoms with Crippen LogP contribution in [0.3, 0.4) is 0 Å². The number of hydrogen-bond acceptors (Lipinski definition) is 9. The quantitative estimate of drug-likeness (QED) is 0.374. The summed E-state index contributed by atoms with van der Waals surface area (Å²) in [6, 6.07) is 0.124. The standard InChI is InChI=1S/C14H22N5O7P/c1-7(2)18-12-9-13(16-4-15-12)19(5-17-9)14-11(21)10(20)8(26-14)3-25-6-27(22,23)24/h4-5,7-8,10-11,14,20-21H,3,6H2,1-2H3,(H,15,16,18)(H2,22,23,24)/t8-,10-,11-,14-/m1/s1. The molecule has 0 amide bonds. The summed E-state index contributed by atoms with van der Waals surface area (Å²) in [5, 5.41) is 23.7. The van der Waals surface area contributed by atoms with Crippen molar-refractivity contribution in [1.82, 2.24) is 19.5 Å². The molecule has 1 fully saturated rings. The number of imidazole rings is 1. The van der Waals surface area contributed by atoms with Crippen molar-refractivity contribution in [1.29, 1.82) is 0 Å². The Hall–Kier alpha value is -1.66. The number of fused-ring (bicyclic) bond motifs is 1. The van der Waals surface area contributed by atoms with Crippen molar-refractivity contribution in [2.75, 3.05) is 18.3 Å². The first-order chi connectivity index (χ1) is 12.7. The van der Waals surface area contributed by atoms with Gasteiger partial charge in [-0.3, -0.25) is 9.13 Å². The Morgan fingerprint density at radius 2 is 2.04 bits per heavy atom. The molecular weight excluding hydrogens is 381 g/mol. The predicted octanol–water partition coefficient (Wildman–Crippen LogP) is -0.582. The van der Waals surface area contributed by atoms with E-state index >= 15 is 0 Å². The van der Waals surface area contributed by atoms with Crippen LogP contribution >= 0.6 is 7.60 Å². The summed E-state index contributed by atoms with van der Waals surface area (Å²) in [5.41, 5.74) is 0.888. The van der Waals surface area contributed by atoms with Crippen LogP contribution in [-0.4, -0.2) is 76.8 Å². The summed E-state index contributed by atoms with van der Waals surface area (Å²) in [6.07, 6.45) is -2.60. The van der Waals surface area contributed by atoms with Gasteiger partial charge in [-0.25, -0.2) is 15.0 Å². The lowest BCUT2D eigenvalue weighted by atomic mass is 10.1. The van der Waals surface area contributed by atoms with Crippen LogP contribution in [0, 0.1) is 0 Å². The zero-order chi connectivity index (χ0) is 19.8. The highest BCUT2D eigenvalue weighted by atomic mass is 31.2. The second-order valence-corrected chi connectivity index (χ2v) is 8.14. The molecule has 0 aromatic carbocycles. The third-order valence-electron chi connectivity index (χ3n) is 3.94.